The molecule has 2 saturated heterocycles. The van der Waals surface area contributed by atoms with Gasteiger partial charge < -0.3 is 10.4 Å². The molecule has 1 saturated carbocycles. The first-order chi connectivity index (χ1) is 4.22. The lowest BCUT2D eigenvalue weighted by atomic mass is 9.80. The number of fused-ring (bicyclic) bond motifs is 1. The highest BCUT2D eigenvalue weighted by Crippen LogP contribution is 2.43. The van der Waals surface area contributed by atoms with E-state index in [2.05, 4.69) is 28.2 Å². The summed E-state index contributed by atoms with van der Waals surface area (Å²) in [6.07, 6.45) is -0.0932. The van der Waals surface area contributed by atoms with Crippen LogP contribution in [-0.2, 0) is 0 Å². The molecular formula is C6H10BrNO. The molecule has 5 unspecified atom stereocenters. The Morgan fingerprint density at radius 3 is 2.33 bits per heavy atom. The second-order valence-electron chi connectivity index (χ2n) is 2.99. The van der Waals surface area contributed by atoms with Crippen LogP contribution < -0.4 is 5.32 Å². The van der Waals surface area contributed by atoms with Crippen LogP contribution in [0.15, 0.2) is 0 Å². The van der Waals surface area contributed by atoms with Crippen LogP contribution in [0.5, 0.6) is 0 Å². The normalized spacial score (nSPS) is 63.7. The van der Waals surface area contributed by atoms with Crippen molar-refractivity contribution in [1.29, 1.82) is 0 Å². The van der Waals surface area contributed by atoms with Crippen LogP contribution in [-0.4, -0.2) is 28.1 Å². The van der Waals surface area contributed by atoms with Gasteiger partial charge in [0.2, 0.25) is 0 Å². The molecule has 0 aromatic heterocycles. The molecule has 0 radical (unpaired) electrons. The van der Waals surface area contributed by atoms with Gasteiger partial charge in [0.05, 0.1) is 6.10 Å². The first-order valence-electron chi connectivity index (χ1n) is 3.30. The summed E-state index contributed by atoms with van der Waals surface area (Å²) in [7, 11) is 0. The third kappa shape index (κ3) is 0.578. The average molecular weight is 192 g/mol. The predicted octanol–water partition coefficient (Wildman–Crippen LogP) is 0.101. The van der Waals surface area contributed by atoms with Crippen molar-refractivity contribution in [3.05, 3.63) is 0 Å². The van der Waals surface area contributed by atoms with E-state index in [1.165, 1.54) is 0 Å². The maximum atomic E-state index is 9.30. The zero-order valence-electron chi connectivity index (χ0n) is 5.21. The Morgan fingerprint density at radius 1 is 1.56 bits per heavy atom. The van der Waals surface area contributed by atoms with Gasteiger partial charge in [0.15, 0.2) is 0 Å². The van der Waals surface area contributed by atoms with Gasteiger partial charge in [0, 0.05) is 22.8 Å². The van der Waals surface area contributed by atoms with E-state index in [4.69, 9.17) is 0 Å². The van der Waals surface area contributed by atoms with Gasteiger partial charge in [-0.3, -0.25) is 0 Å². The molecule has 0 spiro atoms. The molecular weight excluding hydrogens is 182 g/mol. The minimum atomic E-state index is -0.0932. The van der Waals surface area contributed by atoms with Crippen LogP contribution in [0.3, 0.4) is 0 Å². The van der Waals surface area contributed by atoms with Crippen molar-refractivity contribution < 1.29 is 5.11 Å². The Kier molecular flexibility index (Phi) is 1.17. The number of aliphatic hydroxyl groups is 1. The lowest BCUT2D eigenvalue weighted by molar-refractivity contribution is 0.0487. The summed E-state index contributed by atoms with van der Waals surface area (Å²) in [4.78, 5) is 0.516. The molecule has 52 valence electrons. The molecule has 3 fully saturated rings. The fraction of sp³-hybridized carbons (Fsp3) is 1.00. The van der Waals surface area contributed by atoms with E-state index in [0.717, 1.165) is 0 Å². The molecule has 2 heterocycles. The van der Waals surface area contributed by atoms with Crippen LogP contribution in [0.4, 0.5) is 0 Å². The topological polar surface area (TPSA) is 32.3 Å². The molecule has 3 rings (SSSR count). The van der Waals surface area contributed by atoms with Gasteiger partial charge in [-0.05, 0) is 6.92 Å². The zero-order chi connectivity index (χ0) is 6.59. The highest BCUT2D eigenvalue weighted by Gasteiger charge is 2.57. The van der Waals surface area contributed by atoms with E-state index in [-0.39, 0.29) is 6.10 Å². The highest BCUT2D eigenvalue weighted by molar-refractivity contribution is 9.09. The standard InChI is InChI=1S/C6H10BrNO/c1-2-3-4(7)5(8-2)6(3)9/h2-6,8-9H,1H3. The Labute approximate surface area is 62.8 Å². The Morgan fingerprint density at radius 2 is 2.22 bits per heavy atom. The van der Waals surface area contributed by atoms with E-state index in [9.17, 15) is 5.11 Å². The van der Waals surface area contributed by atoms with E-state index >= 15 is 0 Å². The largest absolute Gasteiger partial charge is 0.391 e. The summed E-state index contributed by atoms with van der Waals surface area (Å²) >= 11 is 3.51. The quantitative estimate of drug-likeness (QED) is 0.533. The lowest BCUT2D eigenvalue weighted by Gasteiger charge is -2.36. The summed E-state index contributed by atoms with van der Waals surface area (Å²) < 4.78 is 0. The van der Waals surface area contributed by atoms with Crippen molar-refractivity contribution in [2.24, 2.45) is 5.92 Å². The zero-order valence-corrected chi connectivity index (χ0v) is 6.80. The van der Waals surface area contributed by atoms with Gasteiger partial charge in [-0.1, -0.05) is 15.9 Å². The molecule has 3 heteroatoms. The first-order valence-corrected chi connectivity index (χ1v) is 4.21. The highest BCUT2D eigenvalue weighted by atomic mass is 79.9. The molecule has 0 aromatic rings. The maximum absolute atomic E-state index is 9.30. The van der Waals surface area contributed by atoms with E-state index < -0.39 is 0 Å². The monoisotopic (exact) mass is 191 g/mol. The van der Waals surface area contributed by atoms with Gasteiger partial charge in [-0.2, -0.15) is 0 Å². The van der Waals surface area contributed by atoms with Crippen molar-refractivity contribution in [3.63, 3.8) is 0 Å². The van der Waals surface area contributed by atoms with Crippen LogP contribution in [0.2, 0.25) is 0 Å². The Bertz CT molecular complexity index is 126. The number of hydrogen-bond donors (Lipinski definition) is 2. The van der Waals surface area contributed by atoms with Crippen molar-refractivity contribution in [1.82, 2.24) is 5.32 Å². The second-order valence-corrected chi connectivity index (χ2v) is 4.05. The van der Waals surface area contributed by atoms with Crippen LogP contribution in [0, 0.1) is 5.92 Å². The van der Waals surface area contributed by atoms with Crippen LogP contribution >= 0.6 is 15.9 Å². The Hall–Kier alpha value is 0.400. The number of halogens is 1. The molecule has 0 aromatic carbocycles. The minimum Gasteiger partial charge on any atom is -0.391 e. The smallest absolute Gasteiger partial charge is 0.0758 e. The number of aliphatic hydroxyl groups excluding tert-OH is 1. The minimum absolute atomic E-state index is 0.0932. The number of alkyl halides is 1. The molecule has 3 aliphatic rings. The molecule has 5 atom stereocenters. The summed E-state index contributed by atoms with van der Waals surface area (Å²) in [6.45, 7) is 2.12. The van der Waals surface area contributed by atoms with E-state index in [0.29, 0.717) is 22.8 Å². The molecule has 2 bridgehead atoms. The summed E-state index contributed by atoms with van der Waals surface area (Å²) in [5.74, 6) is 0.454. The number of nitrogens with one attached hydrogen (secondary N) is 1. The second kappa shape index (κ2) is 1.71. The van der Waals surface area contributed by atoms with Gasteiger partial charge in [-0.25, -0.2) is 0 Å². The molecule has 9 heavy (non-hydrogen) atoms. The molecule has 2 nitrogen and oxygen atoms in total. The van der Waals surface area contributed by atoms with Crippen LogP contribution in [0.25, 0.3) is 0 Å². The van der Waals surface area contributed by atoms with E-state index in [1.807, 2.05) is 0 Å². The summed E-state index contributed by atoms with van der Waals surface area (Å²) in [5, 5.41) is 12.6. The average Bonchev–Trinajstić information content (AvgIpc) is 2.23. The fourth-order valence-corrected chi connectivity index (χ4v) is 3.12. The third-order valence-corrected chi connectivity index (χ3v) is 3.69. The SMILES string of the molecule is CC1NC2C(O)C1C2Br. The number of hydrogen-bond acceptors (Lipinski definition) is 2. The summed E-state index contributed by atoms with van der Waals surface area (Å²) in [6, 6.07) is 0.819. The maximum Gasteiger partial charge on any atom is 0.0758 e. The van der Waals surface area contributed by atoms with Gasteiger partial charge in [0.25, 0.3) is 0 Å². The fourth-order valence-electron chi connectivity index (χ4n) is 1.89. The van der Waals surface area contributed by atoms with Crippen molar-refractivity contribution in [2.45, 2.75) is 29.9 Å². The molecule has 2 N–H and O–H groups in total. The van der Waals surface area contributed by atoms with Crippen molar-refractivity contribution >= 4 is 15.9 Å². The molecule has 0 amide bonds. The first kappa shape index (κ1) is 6.13. The predicted molar refractivity (Wildman–Crippen MR) is 38.6 cm³/mol. The molecule has 1 aliphatic carbocycles. The van der Waals surface area contributed by atoms with E-state index in [1.54, 1.807) is 0 Å². The van der Waals surface area contributed by atoms with Crippen LogP contribution in [0.1, 0.15) is 6.92 Å². The van der Waals surface area contributed by atoms with Gasteiger partial charge in [0.1, 0.15) is 0 Å². The third-order valence-electron chi connectivity index (χ3n) is 2.51. The lowest BCUT2D eigenvalue weighted by Crippen LogP contribution is -2.52. The van der Waals surface area contributed by atoms with Gasteiger partial charge >= 0.3 is 0 Å². The van der Waals surface area contributed by atoms with Crippen molar-refractivity contribution in [3.8, 4) is 0 Å². The summed E-state index contributed by atoms with van der Waals surface area (Å²) in [5.41, 5.74) is 0. The Balaban J connectivity index is 2.16. The van der Waals surface area contributed by atoms with Crippen molar-refractivity contribution in [2.75, 3.05) is 0 Å². The number of rotatable bonds is 0. The van der Waals surface area contributed by atoms with Gasteiger partial charge in [-0.15, -0.1) is 0 Å². The molecule has 2 aliphatic heterocycles.